The van der Waals surface area contributed by atoms with Crippen molar-refractivity contribution in [2.75, 3.05) is 0 Å². The van der Waals surface area contributed by atoms with Crippen LogP contribution in [0.15, 0.2) is 29.8 Å². The smallest absolute Gasteiger partial charge is 0.263 e. The maximum Gasteiger partial charge on any atom is 0.263 e. The molecule has 15 heavy (non-hydrogen) atoms. The van der Waals surface area contributed by atoms with Crippen molar-refractivity contribution in [1.82, 2.24) is 0 Å². The monoisotopic (exact) mass is 212 g/mol. The second kappa shape index (κ2) is 5.03. The molecule has 1 nitrogen and oxygen atoms in total. The minimum Gasteiger partial charge on any atom is -0.389 e. The van der Waals surface area contributed by atoms with E-state index < -0.39 is 12.5 Å². The van der Waals surface area contributed by atoms with Gasteiger partial charge in [-0.3, -0.25) is 0 Å². The zero-order chi connectivity index (χ0) is 11.4. The van der Waals surface area contributed by atoms with E-state index in [9.17, 15) is 13.9 Å². The van der Waals surface area contributed by atoms with E-state index in [0.717, 1.165) is 5.57 Å². The number of rotatable bonds is 3. The number of hydrogen-bond acceptors (Lipinski definition) is 1. The third kappa shape index (κ3) is 3.44. The zero-order valence-corrected chi connectivity index (χ0v) is 8.74. The highest BCUT2D eigenvalue weighted by Gasteiger charge is 2.06. The molecule has 0 fully saturated rings. The average Bonchev–Trinajstić information content (AvgIpc) is 2.18. The Hall–Kier alpha value is -1.22. The molecule has 0 radical (unpaired) electrons. The molecular weight excluding hydrogens is 198 g/mol. The highest BCUT2D eigenvalue weighted by atomic mass is 19.3. The molecule has 0 amide bonds. The van der Waals surface area contributed by atoms with Gasteiger partial charge in [-0.25, -0.2) is 8.78 Å². The van der Waals surface area contributed by atoms with Crippen LogP contribution >= 0.6 is 0 Å². The molecule has 82 valence electrons. The molecule has 0 spiro atoms. The summed E-state index contributed by atoms with van der Waals surface area (Å²) in [6.07, 6.45) is -1.30. The summed E-state index contributed by atoms with van der Waals surface area (Å²) in [5, 5.41) is 9.24. The highest BCUT2D eigenvalue weighted by molar-refractivity contribution is 5.54. The van der Waals surface area contributed by atoms with Crippen LogP contribution in [0.5, 0.6) is 0 Å². The van der Waals surface area contributed by atoms with E-state index >= 15 is 0 Å². The van der Waals surface area contributed by atoms with Crippen LogP contribution in [-0.2, 0) is 0 Å². The van der Waals surface area contributed by atoms with Gasteiger partial charge in [0.25, 0.3) is 6.43 Å². The lowest BCUT2D eigenvalue weighted by atomic mass is 10.1. The van der Waals surface area contributed by atoms with E-state index in [1.54, 1.807) is 32.1 Å². The normalized spacial score (nSPS) is 14.4. The maximum absolute atomic E-state index is 12.4. The second-order valence-corrected chi connectivity index (χ2v) is 3.54. The SMILES string of the molecule is C/C(=C\c1cccc(C(F)F)c1)C(C)O. The van der Waals surface area contributed by atoms with Crippen LogP contribution < -0.4 is 0 Å². The van der Waals surface area contributed by atoms with Crippen LogP contribution in [0, 0.1) is 0 Å². The first-order chi connectivity index (χ1) is 7.00. The Kier molecular flexibility index (Phi) is 3.97. The molecule has 0 aliphatic rings. The standard InChI is InChI=1S/C12H14F2O/c1-8(9(2)15)6-10-4-3-5-11(7-10)12(13)14/h3-7,9,12,15H,1-2H3/b8-6+. The largest absolute Gasteiger partial charge is 0.389 e. The van der Waals surface area contributed by atoms with Gasteiger partial charge < -0.3 is 5.11 Å². The van der Waals surface area contributed by atoms with Gasteiger partial charge in [-0.05, 0) is 31.1 Å². The Morgan fingerprint density at radius 1 is 1.40 bits per heavy atom. The fourth-order valence-corrected chi connectivity index (χ4v) is 1.17. The van der Waals surface area contributed by atoms with Crippen molar-refractivity contribution in [1.29, 1.82) is 0 Å². The molecule has 0 aliphatic carbocycles. The predicted molar refractivity (Wildman–Crippen MR) is 56.7 cm³/mol. The van der Waals surface area contributed by atoms with Crippen molar-refractivity contribution in [2.45, 2.75) is 26.4 Å². The van der Waals surface area contributed by atoms with Gasteiger partial charge in [0.2, 0.25) is 0 Å². The lowest BCUT2D eigenvalue weighted by Crippen LogP contribution is -2.00. The number of aliphatic hydroxyl groups is 1. The summed E-state index contributed by atoms with van der Waals surface area (Å²) in [5.74, 6) is 0. The van der Waals surface area contributed by atoms with Gasteiger partial charge in [-0.1, -0.05) is 24.3 Å². The second-order valence-electron chi connectivity index (χ2n) is 3.54. The van der Waals surface area contributed by atoms with Crippen LogP contribution in [-0.4, -0.2) is 11.2 Å². The number of hydrogen-bond donors (Lipinski definition) is 1. The number of aliphatic hydroxyl groups excluding tert-OH is 1. The van der Waals surface area contributed by atoms with Gasteiger partial charge in [0.15, 0.2) is 0 Å². The summed E-state index contributed by atoms with van der Waals surface area (Å²) >= 11 is 0. The summed E-state index contributed by atoms with van der Waals surface area (Å²) < 4.78 is 24.7. The van der Waals surface area contributed by atoms with Crippen LogP contribution in [0.3, 0.4) is 0 Å². The maximum atomic E-state index is 12.4. The Morgan fingerprint density at radius 3 is 2.60 bits per heavy atom. The molecule has 0 saturated carbocycles. The van der Waals surface area contributed by atoms with Crippen LogP contribution in [0.4, 0.5) is 8.78 Å². The molecule has 1 rings (SSSR count). The third-order valence-corrected chi connectivity index (χ3v) is 2.22. The van der Waals surface area contributed by atoms with Gasteiger partial charge in [-0.2, -0.15) is 0 Å². The first kappa shape index (κ1) is 11.9. The van der Waals surface area contributed by atoms with Crippen molar-refractivity contribution >= 4 is 6.08 Å². The van der Waals surface area contributed by atoms with E-state index in [4.69, 9.17) is 0 Å². The van der Waals surface area contributed by atoms with Crippen LogP contribution in [0.2, 0.25) is 0 Å². The fourth-order valence-electron chi connectivity index (χ4n) is 1.17. The van der Waals surface area contributed by atoms with E-state index in [1.807, 2.05) is 0 Å². The lowest BCUT2D eigenvalue weighted by Gasteiger charge is -2.05. The number of halogens is 2. The minimum absolute atomic E-state index is 0.00198. The van der Waals surface area contributed by atoms with Gasteiger partial charge in [0.05, 0.1) is 6.10 Å². The van der Waals surface area contributed by atoms with Gasteiger partial charge in [0.1, 0.15) is 0 Å². The average molecular weight is 212 g/mol. The summed E-state index contributed by atoms with van der Waals surface area (Å²) in [6, 6.07) is 6.14. The van der Waals surface area contributed by atoms with E-state index in [-0.39, 0.29) is 5.56 Å². The van der Waals surface area contributed by atoms with Crippen LogP contribution in [0.25, 0.3) is 6.08 Å². The molecule has 0 aliphatic heterocycles. The van der Waals surface area contributed by atoms with Crippen LogP contribution in [0.1, 0.15) is 31.4 Å². The van der Waals surface area contributed by atoms with Crippen molar-refractivity contribution < 1.29 is 13.9 Å². The summed E-state index contributed by atoms with van der Waals surface area (Å²) in [7, 11) is 0. The van der Waals surface area contributed by atoms with Crippen molar-refractivity contribution in [3.8, 4) is 0 Å². The molecule has 1 aromatic rings. The lowest BCUT2D eigenvalue weighted by molar-refractivity contribution is 0.151. The van der Waals surface area contributed by atoms with E-state index in [0.29, 0.717) is 5.56 Å². The Bertz CT molecular complexity index is 356. The number of alkyl halides is 2. The Balaban J connectivity index is 2.96. The Morgan fingerprint density at radius 2 is 2.07 bits per heavy atom. The minimum atomic E-state index is -2.45. The third-order valence-electron chi connectivity index (χ3n) is 2.22. The van der Waals surface area contributed by atoms with Crippen molar-refractivity contribution in [3.63, 3.8) is 0 Å². The highest BCUT2D eigenvalue weighted by Crippen LogP contribution is 2.20. The summed E-state index contributed by atoms with van der Waals surface area (Å²) in [5.41, 5.74) is 1.44. The molecule has 0 saturated heterocycles. The summed E-state index contributed by atoms with van der Waals surface area (Å²) in [4.78, 5) is 0. The molecule has 3 heteroatoms. The molecular formula is C12H14F2O. The fraction of sp³-hybridized carbons (Fsp3) is 0.333. The zero-order valence-electron chi connectivity index (χ0n) is 8.74. The van der Waals surface area contributed by atoms with Gasteiger partial charge in [-0.15, -0.1) is 0 Å². The first-order valence-electron chi connectivity index (χ1n) is 4.75. The van der Waals surface area contributed by atoms with Gasteiger partial charge >= 0.3 is 0 Å². The van der Waals surface area contributed by atoms with Crippen molar-refractivity contribution in [2.24, 2.45) is 0 Å². The van der Waals surface area contributed by atoms with E-state index in [1.165, 1.54) is 12.1 Å². The molecule has 1 atom stereocenters. The summed E-state index contributed by atoms with van der Waals surface area (Å²) in [6.45, 7) is 3.41. The molecule has 0 heterocycles. The number of benzene rings is 1. The predicted octanol–water partition coefficient (Wildman–Crippen LogP) is 3.41. The first-order valence-corrected chi connectivity index (χ1v) is 4.75. The molecule has 1 aromatic carbocycles. The van der Waals surface area contributed by atoms with E-state index in [2.05, 4.69) is 0 Å². The van der Waals surface area contributed by atoms with Crippen molar-refractivity contribution in [3.05, 3.63) is 41.0 Å². The van der Waals surface area contributed by atoms with Gasteiger partial charge in [0, 0.05) is 5.56 Å². The Labute approximate surface area is 88.1 Å². The topological polar surface area (TPSA) is 20.2 Å². The molecule has 0 aromatic heterocycles. The molecule has 1 N–H and O–H groups in total. The quantitative estimate of drug-likeness (QED) is 0.814. The molecule has 1 unspecified atom stereocenters. The molecule has 0 bridgehead atoms.